The van der Waals surface area contributed by atoms with E-state index in [-0.39, 0.29) is 5.91 Å². The number of anilines is 1. The molecule has 1 aliphatic rings. The van der Waals surface area contributed by atoms with Crippen molar-refractivity contribution < 1.29 is 4.79 Å². The van der Waals surface area contributed by atoms with Crippen molar-refractivity contribution in [1.29, 1.82) is 0 Å². The molecule has 1 N–H and O–H groups in total. The van der Waals surface area contributed by atoms with Gasteiger partial charge in [-0.2, -0.15) is 5.10 Å². The maximum absolute atomic E-state index is 12.5. The summed E-state index contributed by atoms with van der Waals surface area (Å²) in [5.41, 5.74) is 2.89. The number of carbonyl (C=O) groups excluding carboxylic acids is 1. The molecule has 1 aromatic carbocycles. The molecule has 1 aliphatic heterocycles. The number of nitrogens with zero attached hydrogens (tertiary/aromatic N) is 6. The van der Waals surface area contributed by atoms with Gasteiger partial charge in [0.25, 0.3) is 0 Å². The molecular formula is C22H29N7O. The van der Waals surface area contributed by atoms with Gasteiger partial charge in [-0.25, -0.2) is 0 Å². The van der Waals surface area contributed by atoms with Gasteiger partial charge in [-0.1, -0.05) is 19.9 Å². The molecule has 1 fully saturated rings. The first-order chi connectivity index (χ1) is 14.5. The number of carbonyl (C=O) groups is 1. The SMILES string of the molecule is CC(C)CN1CCN(CC(=O)Nc2cc3cc(-c4cnn(C)c4)ccc3nn2)CC1. The molecular weight excluding hydrogens is 378 g/mol. The molecule has 8 heteroatoms. The van der Waals surface area contributed by atoms with E-state index in [9.17, 15) is 4.79 Å². The van der Waals surface area contributed by atoms with Crippen LogP contribution < -0.4 is 5.32 Å². The van der Waals surface area contributed by atoms with Crippen LogP contribution in [0.25, 0.3) is 22.0 Å². The predicted molar refractivity (Wildman–Crippen MR) is 118 cm³/mol. The molecule has 0 saturated carbocycles. The molecule has 2 aromatic heterocycles. The Hall–Kier alpha value is -2.84. The number of amides is 1. The summed E-state index contributed by atoms with van der Waals surface area (Å²) in [6, 6.07) is 7.86. The van der Waals surface area contributed by atoms with Gasteiger partial charge in [0, 0.05) is 56.9 Å². The molecule has 158 valence electrons. The highest BCUT2D eigenvalue weighted by molar-refractivity contribution is 5.93. The normalized spacial score (nSPS) is 15.7. The Kier molecular flexibility index (Phi) is 6.06. The Labute approximate surface area is 176 Å². The van der Waals surface area contributed by atoms with Crippen molar-refractivity contribution in [2.45, 2.75) is 13.8 Å². The topological polar surface area (TPSA) is 79.2 Å². The lowest BCUT2D eigenvalue weighted by molar-refractivity contribution is -0.117. The summed E-state index contributed by atoms with van der Waals surface area (Å²) in [6.07, 6.45) is 3.80. The van der Waals surface area contributed by atoms with Crippen LogP contribution in [-0.2, 0) is 11.8 Å². The lowest BCUT2D eigenvalue weighted by Gasteiger charge is -2.35. The summed E-state index contributed by atoms with van der Waals surface area (Å²) in [5.74, 6) is 1.10. The molecule has 0 radical (unpaired) electrons. The van der Waals surface area contributed by atoms with Crippen molar-refractivity contribution in [3.8, 4) is 11.1 Å². The van der Waals surface area contributed by atoms with Crippen molar-refractivity contribution in [1.82, 2.24) is 29.8 Å². The summed E-state index contributed by atoms with van der Waals surface area (Å²) < 4.78 is 1.78. The summed E-state index contributed by atoms with van der Waals surface area (Å²) in [4.78, 5) is 17.2. The zero-order chi connectivity index (χ0) is 21.1. The number of piperazine rings is 1. The first kappa shape index (κ1) is 20.4. The Morgan fingerprint density at radius 3 is 2.53 bits per heavy atom. The highest BCUT2D eigenvalue weighted by Crippen LogP contribution is 2.24. The second-order valence-corrected chi connectivity index (χ2v) is 8.42. The zero-order valence-corrected chi connectivity index (χ0v) is 17.9. The number of aromatic nitrogens is 4. The Morgan fingerprint density at radius 1 is 1.07 bits per heavy atom. The van der Waals surface area contributed by atoms with Crippen LogP contribution in [0.15, 0.2) is 36.7 Å². The van der Waals surface area contributed by atoms with Gasteiger partial charge in [-0.3, -0.25) is 14.4 Å². The van der Waals surface area contributed by atoms with Crippen molar-refractivity contribution >= 4 is 22.6 Å². The number of hydrogen-bond donors (Lipinski definition) is 1. The van der Waals surface area contributed by atoms with E-state index < -0.39 is 0 Å². The van der Waals surface area contributed by atoms with Gasteiger partial charge in [0.15, 0.2) is 5.82 Å². The van der Waals surface area contributed by atoms with Crippen LogP contribution in [0.3, 0.4) is 0 Å². The van der Waals surface area contributed by atoms with E-state index in [1.165, 1.54) is 0 Å². The maximum atomic E-state index is 12.5. The Balaban J connectivity index is 1.38. The smallest absolute Gasteiger partial charge is 0.239 e. The van der Waals surface area contributed by atoms with E-state index in [2.05, 4.69) is 44.3 Å². The first-order valence-corrected chi connectivity index (χ1v) is 10.5. The maximum Gasteiger partial charge on any atom is 0.239 e. The lowest BCUT2D eigenvalue weighted by Crippen LogP contribution is -2.49. The van der Waals surface area contributed by atoms with Crippen molar-refractivity contribution in [2.75, 3.05) is 44.6 Å². The van der Waals surface area contributed by atoms with Gasteiger partial charge in [-0.15, -0.1) is 10.2 Å². The zero-order valence-electron chi connectivity index (χ0n) is 17.9. The number of rotatable bonds is 6. The molecule has 8 nitrogen and oxygen atoms in total. The summed E-state index contributed by atoms with van der Waals surface area (Å²) >= 11 is 0. The van der Waals surface area contributed by atoms with Crippen molar-refractivity contribution in [3.05, 3.63) is 36.7 Å². The largest absolute Gasteiger partial charge is 0.308 e. The average molecular weight is 408 g/mol. The van der Waals surface area contributed by atoms with Crippen LogP contribution >= 0.6 is 0 Å². The van der Waals surface area contributed by atoms with E-state index in [4.69, 9.17) is 0 Å². The van der Waals surface area contributed by atoms with Gasteiger partial charge in [0.1, 0.15) is 0 Å². The number of aryl methyl sites for hydroxylation is 1. The van der Waals surface area contributed by atoms with E-state index >= 15 is 0 Å². The van der Waals surface area contributed by atoms with Crippen LogP contribution in [0, 0.1) is 5.92 Å². The van der Waals surface area contributed by atoms with Crippen LogP contribution in [-0.4, -0.2) is 75.0 Å². The number of fused-ring (bicyclic) bond motifs is 1. The van der Waals surface area contributed by atoms with Gasteiger partial charge in [-0.05, 0) is 29.7 Å². The Morgan fingerprint density at radius 2 is 1.83 bits per heavy atom. The number of nitrogens with one attached hydrogen (secondary N) is 1. The fourth-order valence-corrected chi connectivity index (χ4v) is 3.89. The molecule has 3 heterocycles. The Bertz CT molecular complexity index is 1020. The van der Waals surface area contributed by atoms with E-state index in [1.807, 2.05) is 43.7 Å². The van der Waals surface area contributed by atoms with Gasteiger partial charge < -0.3 is 10.2 Å². The second-order valence-electron chi connectivity index (χ2n) is 8.42. The van der Waals surface area contributed by atoms with Crippen LogP contribution in [0.1, 0.15) is 13.8 Å². The van der Waals surface area contributed by atoms with Crippen molar-refractivity contribution in [3.63, 3.8) is 0 Å². The third-order valence-electron chi connectivity index (χ3n) is 5.35. The first-order valence-electron chi connectivity index (χ1n) is 10.5. The summed E-state index contributed by atoms with van der Waals surface area (Å²) in [7, 11) is 1.90. The minimum absolute atomic E-state index is 0.0515. The van der Waals surface area contributed by atoms with E-state index in [0.717, 1.165) is 54.8 Å². The van der Waals surface area contributed by atoms with Crippen LogP contribution in [0.2, 0.25) is 0 Å². The second kappa shape index (κ2) is 8.89. The average Bonchev–Trinajstić information content (AvgIpc) is 3.15. The lowest BCUT2D eigenvalue weighted by atomic mass is 10.1. The number of benzene rings is 1. The summed E-state index contributed by atoms with van der Waals surface area (Å²) in [6.45, 7) is 9.83. The molecule has 1 amide bonds. The van der Waals surface area contributed by atoms with Crippen LogP contribution in [0.4, 0.5) is 5.82 Å². The monoisotopic (exact) mass is 407 g/mol. The van der Waals surface area contributed by atoms with E-state index in [0.29, 0.717) is 18.3 Å². The molecule has 0 bridgehead atoms. The third kappa shape index (κ3) is 5.01. The quantitative estimate of drug-likeness (QED) is 0.675. The molecule has 0 aliphatic carbocycles. The van der Waals surface area contributed by atoms with Gasteiger partial charge in [0.05, 0.1) is 18.3 Å². The molecule has 3 aromatic rings. The van der Waals surface area contributed by atoms with Gasteiger partial charge in [0.2, 0.25) is 5.91 Å². The molecule has 30 heavy (non-hydrogen) atoms. The van der Waals surface area contributed by atoms with Gasteiger partial charge >= 0.3 is 0 Å². The minimum Gasteiger partial charge on any atom is -0.308 e. The van der Waals surface area contributed by atoms with E-state index in [1.54, 1.807) is 4.68 Å². The highest BCUT2D eigenvalue weighted by Gasteiger charge is 2.19. The standard InChI is InChI=1S/C22H29N7O/c1-16(2)13-28-6-8-29(9-7-28)15-22(30)24-21-11-18-10-17(4-5-20(18)25-26-21)19-12-23-27(3)14-19/h4-5,10-12,14,16H,6-9,13,15H2,1-3H3,(H,24,26,30). The third-order valence-corrected chi connectivity index (χ3v) is 5.35. The fraction of sp³-hybridized carbons (Fsp3) is 0.455. The molecule has 0 atom stereocenters. The predicted octanol–water partition coefficient (Wildman–Crippen LogP) is 2.24. The molecule has 4 rings (SSSR count). The van der Waals surface area contributed by atoms with Crippen LogP contribution in [0.5, 0.6) is 0 Å². The number of hydrogen-bond acceptors (Lipinski definition) is 6. The minimum atomic E-state index is -0.0515. The summed E-state index contributed by atoms with van der Waals surface area (Å²) in [5, 5.41) is 16.5. The van der Waals surface area contributed by atoms with Crippen molar-refractivity contribution in [2.24, 2.45) is 13.0 Å². The highest BCUT2D eigenvalue weighted by atomic mass is 16.2. The molecule has 0 spiro atoms. The fourth-order valence-electron chi connectivity index (χ4n) is 3.89. The molecule has 0 unspecified atom stereocenters. The molecule has 1 saturated heterocycles.